The Bertz CT molecular complexity index is 881. The Hall–Kier alpha value is -2.50. The average molecular weight is 383 g/mol. The Morgan fingerprint density at radius 2 is 1.82 bits per heavy atom. The van der Waals surface area contributed by atoms with Crippen LogP contribution in [0.1, 0.15) is 26.3 Å². The number of ether oxygens (including phenoxy) is 2. The van der Waals surface area contributed by atoms with Gasteiger partial charge in [0.2, 0.25) is 0 Å². The van der Waals surface area contributed by atoms with Gasteiger partial charge in [-0.1, -0.05) is 18.2 Å². The zero-order valence-corrected chi connectivity index (χ0v) is 17.1. The van der Waals surface area contributed by atoms with Gasteiger partial charge in [-0.15, -0.1) is 0 Å². The Kier molecular flexibility index (Phi) is 6.27. The third-order valence-electron chi connectivity index (χ3n) is 4.90. The predicted octanol–water partition coefficient (Wildman–Crippen LogP) is 4.22. The largest absolute Gasteiger partial charge is 0.497 e. The van der Waals surface area contributed by atoms with Crippen molar-refractivity contribution in [2.45, 2.75) is 39.0 Å². The number of methoxy groups -OCH3 is 1. The molecule has 1 unspecified atom stereocenters. The number of benzene rings is 2. The molecule has 2 N–H and O–H groups in total. The molecule has 5 nitrogen and oxygen atoms in total. The van der Waals surface area contributed by atoms with Gasteiger partial charge in [0.25, 0.3) is 0 Å². The van der Waals surface area contributed by atoms with Gasteiger partial charge in [-0.25, -0.2) is 0 Å². The van der Waals surface area contributed by atoms with E-state index in [-0.39, 0.29) is 12.1 Å². The molecule has 0 amide bonds. The van der Waals surface area contributed by atoms with Gasteiger partial charge in [-0.3, -0.25) is 4.90 Å². The quantitative estimate of drug-likeness (QED) is 0.613. The molecule has 0 aliphatic rings. The van der Waals surface area contributed by atoms with Gasteiger partial charge in [0.05, 0.1) is 7.11 Å². The molecule has 1 aromatic heterocycles. The molecule has 0 bridgehead atoms. The number of aromatic nitrogens is 1. The summed E-state index contributed by atoms with van der Waals surface area (Å²) in [5, 5.41) is 11.7. The first-order valence-corrected chi connectivity index (χ1v) is 9.62. The molecule has 2 aromatic carbocycles. The minimum absolute atomic E-state index is 0.0818. The Morgan fingerprint density at radius 1 is 1.07 bits per heavy atom. The van der Waals surface area contributed by atoms with E-state index in [0.717, 1.165) is 28.9 Å². The number of aliphatic hydroxyl groups is 1. The van der Waals surface area contributed by atoms with Crippen molar-refractivity contribution < 1.29 is 14.6 Å². The Labute approximate surface area is 166 Å². The third-order valence-corrected chi connectivity index (χ3v) is 4.90. The summed E-state index contributed by atoms with van der Waals surface area (Å²) in [7, 11) is 1.67. The van der Waals surface area contributed by atoms with Crippen LogP contribution in [-0.4, -0.2) is 46.9 Å². The number of aromatic amines is 1. The molecule has 0 spiro atoms. The molecule has 3 aromatic rings. The van der Waals surface area contributed by atoms with Gasteiger partial charge in [0.15, 0.2) is 0 Å². The van der Waals surface area contributed by atoms with E-state index in [1.807, 2.05) is 42.6 Å². The van der Waals surface area contributed by atoms with Crippen molar-refractivity contribution in [3.63, 3.8) is 0 Å². The number of hydrogen-bond acceptors (Lipinski definition) is 4. The summed E-state index contributed by atoms with van der Waals surface area (Å²) in [6.07, 6.45) is 1.30. The van der Waals surface area contributed by atoms with Crippen LogP contribution in [0.4, 0.5) is 0 Å². The van der Waals surface area contributed by atoms with Crippen molar-refractivity contribution in [1.29, 1.82) is 0 Å². The van der Waals surface area contributed by atoms with Crippen LogP contribution in [0.2, 0.25) is 0 Å². The first-order chi connectivity index (χ1) is 13.4. The van der Waals surface area contributed by atoms with Gasteiger partial charge in [0, 0.05) is 35.7 Å². The number of H-pyrrole nitrogens is 1. The third kappa shape index (κ3) is 5.06. The molecule has 0 aliphatic carbocycles. The molecule has 0 radical (unpaired) electrons. The predicted molar refractivity (Wildman–Crippen MR) is 113 cm³/mol. The highest BCUT2D eigenvalue weighted by atomic mass is 16.5. The number of nitrogens with one attached hydrogen (secondary N) is 1. The van der Waals surface area contributed by atoms with Gasteiger partial charge in [-0.05, 0) is 56.7 Å². The first-order valence-electron chi connectivity index (χ1n) is 9.62. The lowest BCUT2D eigenvalue weighted by Crippen LogP contribution is -2.46. The summed E-state index contributed by atoms with van der Waals surface area (Å²) in [6.45, 7) is 8.00. The molecule has 5 heteroatoms. The van der Waals surface area contributed by atoms with Crippen LogP contribution in [0.15, 0.2) is 54.7 Å². The lowest BCUT2D eigenvalue weighted by atomic mass is 10.0. The SMILES string of the molecule is COc1ccc(CN(CC(O)COc2cccc3[nH]ccc23)C(C)(C)C)cc1. The Balaban J connectivity index is 1.62. The van der Waals surface area contributed by atoms with Gasteiger partial charge in [-0.2, -0.15) is 0 Å². The lowest BCUT2D eigenvalue weighted by molar-refractivity contribution is 0.0288. The van der Waals surface area contributed by atoms with Crippen LogP contribution in [-0.2, 0) is 6.54 Å². The molecule has 0 aliphatic heterocycles. The summed E-state index contributed by atoms with van der Waals surface area (Å²) < 4.78 is 11.2. The van der Waals surface area contributed by atoms with E-state index in [9.17, 15) is 5.11 Å². The van der Waals surface area contributed by atoms with Crippen molar-refractivity contribution in [3.05, 3.63) is 60.3 Å². The molecule has 28 heavy (non-hydrogen) atoms. The van der Waals surface area contributed by atoms with E-state index in [1.165, 1.54) is 5.56 Å². The van der Waals surface area contributed by atoms with Crippen molar-refractivity contribution in [2.24, 2.45) is 0 Å². The zero-order chi connectivity index (χ0) is 20.1. The summed E-state index contributed by atoms with van der Waals surface area (Å²) in [5.41, 5.74) is 2.13. The molecule has 1 atom stereocenters. The molecule has 0 saturated carbocycles. The van der Waals surface area contributed by atoms with Gasteiger partial charge in [0.1, 0.15) is 24.2 Å². The summed E-state index contributed by atoms with van der Waals surface area (Å²) in [6, 6.07) is 15.9. The standard InChI is InChI=1S/C23H30N2O3/c1-23(2,3)25(14-17-8-10-19(27-4)11-9-17)15-18(26)16-28-22-7-5-6-21-20(22)12-13-24-21/h5-13,18,24,26H,14-16H2,1-4H3. The second kappa shape index (κ2) is 8.67. The van der Waals surface area contributed by atoms with E-state index in [2.05, 4.69) is 42.8 Å². The molecule has 0 saturated heterocycles. The summed E-state index contributed by atoms with van der Waals surface area (Å²) in [5.74, 6) is 1.63. The van der Waals surface area contributed by atoms with Crippen LogP contribution < -0.4 is 9.47 Å². The number of fused-ring (bicyclic) bond motifs is 1. The number of β-amino-alcohol motifs (C(OH)–C–C–N with tert-alkyl or cyclic N) is 1. The van der Waals surface area contributed by atoms with Gasteiger partial charge >= 0.3 is 0 Å². The van der Waals surface area contributed by atoms with Crippen LogP contribution in [0.5, 0.6) is 11.5 Å². The molecular formula is C23H30N2O3. The topological polar surface area (TPSA) is 57.7 Å². The van der Waals surface area contributed by atoms with E-state index in [0.29, 0.717) is 6.54 Å². The molecule has 3 rings (SSSR count). The monoisotopic (exact) mass is 382 g/mol. The highest BCUT2D eigenvalue weighted by molar-refractivity contribution is 5.85. The highest BCUT2D eigenvalue weighted by Crippen LogP contribution is 2.25. The molecule has 1 heterocycles. The zero-order valence-electron chi connectivity index (χ0n) is 17.1. The van der Waals surface area contributed by atoms with E-state index in [4.69, 9.17) is 9.47 Å². The lowest BCUT2D eigenvalue weighted by Gasteiger charge is -2.37. The fourth-order valence-corrected chi connectivity index (χ4v) is 3.20. The average Bonchev–Trinajstić information content (AvgIpc) is 3.15. The number of hydrogen-bond donors (Lipinski definition) is 2. The van der Waals surface area contributed by atoms with Crippen LogP contribution >= 0.6 is 0 Å². The molecule has 150 valence electrons. The normalized spacial score (nSPS) is 13.1. The fraction of sp³-hybridized carbons (Fsp3) is 0.391. The summed E-state index contributed by atoms with van der Waals surface area (Å²) in [4.78, 5) is 5.44. The van der Waals surface area contributed by atoms with Gasteiger partial charge < -0.3 is 19.6 Å². The van der Waals surface area contributed by atoms with Crippen LogP contribution in [0.3, 0.4) is 0 Å². The van der Waals surface area contributed by atoms with Crippen molar-refractivity contribution in [2.75, 3.05) is 20.3 Å². The maximum atomic E-state index is 10.6. The maximum Gasteiger partial charge on any atom is 0.128 e. The van der Waals surface area contributed by atoms with Crippen molar-refractivity contribution in [1.82, 2.24) is 9.88 Å². The van der Waals surface area contributed by atoms with Crippen LogP contribution in [0.25, 0.3) is 10.9 Å². The van der Waals surface area contributed by atoms with Crippen molar-refractivity contribution >= 4 is 10.9 Å². The van der Waals surface area contributed by atoms with E-state index in [1.54, 1.807) is 7.11 Å². The highest BCUT2D eigenvalue weighted by Gasteiger charge is 2.24. The molecular weight excluding hydrogens is 352 g/mol. The minimum atomic E-state index is -0.591. The number of rotatable bonds is 8. The second-order valence-electron chi connectivity index (χ2n) is 8.06. The second-order valence-corrected chi connectivity index (χ2v) is 8.06. The summed E-state index contributed by atoms with van der Waals surface area (Å²) >= 11 is 0. The number of nitrogens with zero attached hydrogens (tertiary/aromatic N) is 1. The fourth-order valence-electron chi connectivity index (χ4n) is 3.20. The first kappa shape index (κ1) is 20.2. The van der Waals surface area contributed by atoms with E-state index < -0.39 is 6.10 Å². The smallest absolute Gasteiger partial charge is 0.128 e. The van der Waals surface area contributed by atoms with E-state index >= 15 is 0 Å². The minimum Gasteiger partial charge on any atom is -0.497 e. The van der Waals surface area contributed by atoms with Crippen molar-refractivity contribution in [3.8, 4) is 11.5 Å². The number of aliphatic hydroxyl groups excluding tert-OH is 1. The molecule has 0 fully saturated rings. The van der Waals surface area contributed by atoms with Crippen LogP contribution in [0, 0.1) is 0 Å². The Morgan fingerprint density at radius 3 is 2.50 bits per heavy atom. The maximum absolute atomic E-state index is 10.6.